The highest BCUT2D eigenvalue weighted by atomic mass is 32.2. The summed E-state index contributed by atoms with van der Waals surface area (Å²) in [6.07, 6.45) is 2.21. The molecule has 8 nitrogen and oxygen atoms in total. The first kappa shape index (κ1) is 28.2. The summed E-state index contributed by atoms with van der Waals surface area (Å²) in [5.74, 6) is -0.0397. The standard InChI is InChI=1S/C26H37N3O5S/c1-7-20(4)27-26(31)23(8-2)28(17-21-13-15-22(34-5)16-14-21)25(30)18-29(35(6,32)33)24-12-10-9-11-19(24)3/h9-16,20,23H,7-8,17-18H2,1-6H3,(H,27,31)/t20-,23-/m1/s1. The maximum Gasteiger partial charge on any atom is 0.244 e. The Morgan fingerprint density at radius 2 is 1.66 bits per heavy atom. The Morgan fingerprint density at radius 3 is 2.17 bits per heavy atom. The third-order valence-corrected chi connectivity index (χ3v) is 7.09. The van der Waals surface area contributed by atoms with Crippen molar-refractivity contribution in [1.29, 1.82) is 0 Å². The van der Waals surface area contributed by atoms with Crippen LogP contribution in [0.25, 0.3) is 0 Å². The number of hydrogen-bond donors (Lipinski definition) is 1. The lowest BCUT2D eigenvalue weighted by Crippen LogP contribution is -2.53. The van der Waals surface area contributed by atoms with Crippen molar-refractivity contribution in [2.75, 3.05) is 24.2 Å². The Bertz CT molecular complexity index is 1100. The molecule has 2 rings (SSSR count). The molecule has 0 heterocycles. The van der Waals surface area contributed by atoms with Crippen molar-refractivity contribution < 1.29 is 22.7 Å². The van der Waals surface area contributed by atoms with E-state index in [0.29, 0.717) is 17.9 Å². The molecule has 192 valence electrons. The fourth-order valence-corrected chi connectivity index (χ4v) is 4.63. The van der Waals surface area contributed by atoms with Crippen LogP contribution in [-0.4, -0.2) is 57.1 Å². The molecule has 2 aromatic rings. The molecule has 0 spiro atoms. The fraction of sp³-hybridized carbons (Fsp3) is 0.462. The number of ether oxygens (including phenoxy) is 1. The van der Waals surface area contributed by atoms with Crippen molar-refractivity contribution in [3.05, 3.63) is 59.7 Å². The molecule has 0 aliphatic carbocycles. The molecule has 2 atom stereocenters. The number of benzene rings is 2. The Kier molecular flexibility index (Phi) is 10.1. The second kappa shape index (κ2) is 12.6. The molecule has 0 radical (unpaired) electrons. The van der Waals surface area contributed by atoms with Crippen LogP contribution < -0.4 is 14.4 Å². The van der Waals surface area contributed by atoms with Crippen LogP contribution in [0.5, 0.6) is 5.75 Å². The van der Waals surface area contributed by atoms with Crippen LogP contribution in [0.2, 0.25) is 0 Å². The van der Waals surface area contributed by atoms with Gasteiger partial charge in [-0.25, -0.2) is 8.42 Å². The zero-order chi connectivity index (χ0) is 26.2. The summed E-state index contributed by atoms with van der Waals surface area (Å²) >= 11 is 0. The van der Waals surface area contributed by atoms with E-state index in [0.717, 1.165) is 28.1 Å². The molecule has 0 bridgehead atoms. The van der Waals surface area contributed by atoms with E-state index in [1.165, 1.54) is 4.90 Å². The van der Waals surface area contributed by atoms with Crippen molar-refractivity contribution in [2.45, 2.75) is 59.2 Å². The van der Waals surface area contributed by atoms with Crippen molar-refractivity contribution in [3.8, 4) is 5.75 Å². The third-order valence-electron chi connectivity index (χ3n) is 5.96. The number of anilines is 1. The molecule has 0 saturated carbocycles. The number of hydrogen-bond acceptors (Lipinski definition) is 5. The first-order valence-corrected chi connectivity index (χ1v) is 13.6. The van der Waals surface area contributed by atoms with Gasteiger partial charge in [0.1, 0.15) is 18.3 Å². The summed E-state index contributed by atoms with van der Waals surface area (Å²) in [5.41, 5.74) is 1.97. The second-order valence-corrected chi connectivity index (χ2v) is 10.6. The highest BCUT2D eigenvalue weighted by Gasteiger charge is 2.32. The molecule has 0 unspecified atom stereocenters. The van der Waals surface area contributed by atoms with Gasteiger partial charge in [-0.1, -0.05) is 44.2 Å². The molecule has 0 aromatic heterocycles. The number of para-hydroxylation sites is 1. The minimum Gasteiger partial charge on any atom is -0.497 e. The van der Waals surface area contributed by atoms with E-state index in [9.17, 15) is 18.0 Å². The Labute approximate surface area is 209 Å². The van der Waals surface area contributed by atoms with Gasteiger partial charge in [-0.05, 0) is 56.0 Å². The average molecular weight is 504 g/mol. The van der Waals surface area contributed by atoms with E-state index in [-0.39, 0.29) is 18.5 Å². The van der Waals surface area contributed by atoms with Crippen LogP contribution in [0.4, 0.5) is 5.69 Å². The molecule has 2 aromatic carbocycles. The van der Waals surface area contributed by atoms with E-state index in [1.54, 1.807) is 44.4 Å². The number of nitrogens with one attached hydrogen (secondary N) is 1. The zero-order valence-electron chi connectivity index (χ0n) is 21.4. The van der Waals surface area contributed by atoms with Crippen LogP contribution in [0.15, 0.2) is 48.5 Å². The normalized spacial score (nSPS) is 13.0. The minimum atomic E-state index is -3.76. The summed E-state index contributed by atoms with van der Waals surface area (Å²) in [6, 6.07) is 13.4. The van der Waals surface area contributed by atoms with Crippen LogP contribution >= 0.6 is 0 Å². The van der Waals surface area contributed by atoms with Gasteiger partial charge in [0.05, 0.1) is 19.1 Å². The molecular weight excluding hydrogens is 466 g/mol. The van der Waals surface area contributed by atoms with Gasteiger partial charge in [-0.3, -0.25) is 13.9 Å². The summed E-state index contributed by atoms with van der Waals surface area (Å²) in [7, 11) is -2.19. The molecule has 0 fully saturated rings. The van der Waals surface area contributed by atoms with Crippen LogP contribution in [-0.2, 0) is 26.2 Å². The van der Waals surface area contributed by atoms with Gasteiger partial charge in [0.15, 0.2) is 0 Å². The van der Waals surface area contributed by atoms with E-state index < -0.39 is 28.5 Å². The van der Waals surface area contributed by atoms with Crippen LogP contribution in [0.3, 0.4) is 0 Å². The molecular formula is C26H37N3O5S. The SMILES string of the molecule is CC[C@@H](C)NC(=O)[C@@H](CC)N(Cc1ccc(OC)cc1)C(=O)CN(c1ccccc1C)S(C)(=O)=O. The summed E-state index contributed by atoms with van der Waals surface area (Å²) in [5, 5.41) is 2.96. The number of carbonyl (C=O) groups is 2. The summed E-state index contributed by atoms with van der Waals surface area (Å²) in [6.45, 7) is 7.25. The molecule has 0 saturated heterocycles. The number of carbonyl (C=O) groups excluding carboxylic acids is 2. The first-order valence-electron chi connectivity index (χ1n) is 11.8. The van der Waals surface area contributed by atoms with Crippen LogP contribution in [0.1, 0.15) is 44.7 Å². The van der Waals surface area contributed by atoms with Crippen molar-refractivity contribution in [2.24, 2.45) is 0 Å². The van der Waals surface area contributed by atoms with Crippen LogP contribution in [0, 0.1) is 6.92 Å². The predicted octanol–water partition coefficient (Wildman–Crippen LogP) is 3.49. The van der Waals surface area contributed by atoms with E-state index >= 15 is 0 Å². The Hall–Kier alpha value is -3.07. The van der Waals surface area contributed by atoms with Crippen molar-refractivity contribution in [1.82, 2.24) is 10.2 Å². The average Bonchev–Trinajstić information content (AvgIpc) is 2.82. The highest BCUT2D eigenvalue weighted by Crippen LogP contribution is 2.23. The maximum absolute atomic E-state index is 13.7. The number of aryl methyl sites for hydroxylation is 1. The van der Waals surface area contributed by atoms with Gasteiger partial charge in [0.2, 0.25) is 21.8 Å². The second-order valence-electron chi connectivity index (χ2n) is 8.67. The van der Waals surface area contributed by atoms with Gasteiger partial charge in [-0.15, -0.1) is 0 Å². The lowest BCUT2D eigenvalue weighted by Gasteiger charge is -2.33. The predicted molar refractivity (Wildman–Crippen MR) is 139 cm³/mol. The van der Waals surface area contributed by atoms with Gasteiger partial charge in [0, 0.05) is 12.6 Å². The summed E-state index contributed by atoms with van der Waals surface area (Å²) < 4.78 is 31.7. The highest BCUT2D eigenvalue weighted by molar-refractivity contribution is 7.92. The van der Waals surface area contributed by atoms with Gasteiger partial charge >= 0.3 is 0 Å². The topological polar surface area (TPSA) is 96.0 Å². The smallest absolute Gasteiger partial charge is 0.244 e. The van der Waals surface area contributed by atoms with Gasteiger partial charge < -0.3 is 15.0 Å². The lowest BCUT2D eigenvalue weighted by molar-refractivity contribution is -0.140. The molecule has 9 heteroatoms. The largest absolute Gasteiger partial charge is 0.497 e. The lowest BCUT2D eigenvalue weighted by atomic mass is 10.1. The molecule has 0 aliphatic heterocycles. The fourth-order valence-electron chi connectivity index (χ4n) is 3.73. The monoisotopic (exact) mass is 503 g/mol. The first-order chi connectivity index (χ1) is 16.5. The van der Waals surface area contributed by atoms with E-state index in [2.05, 4.69) is 5.32 Å². The number of rotatable bonds is 12. The molecule has 2 amide bonds. The quantitative estimate of drug-likeness (QED) is 0.478. The Morgan fingerprint density at radius 1 is 1.03 bits per heavy atom. The van der Waals surface area contributed by atoms with Gasteiger partial charge in [-0.2, -0.15) is 0 Å². The third kappa shape index (κ3) is 7.71. The molecule has 35 heavy (non-hydrogen) atoms. The number of methoxy groups -OCH3 is 1. The molecule has 0 aliphatic rings. The minimum absolute atomic E-state index is 0.0472. The van der Waals surface area contributed by atoms with Crippen molar-refractivity contribution >= 4 is 27.5 Å². The van der Waals surface area contributed by atoms with E-state index in [4.69, 9.17) is 4.74 Å². The van der Waals surface area contributed by atoms with Crippen molar-refractivity contribution in [3.63, 3.8) is 0 Å². The zero-order valence-corrected chi connectivity index (χ0v) is 22.3. The number of amides is 2. The Balaban J connectivity index is 2.44. The number of sulfonamides is 1. The number of nitrogens with zero attached hydrogens (tertiary/aromatic N) is 2. The maximum atomic E-state index is 13.7. The molecule has 1 N–H and O–H groups in total. The summed E-state index contributed by atoms with van der Waals surface area (Å²) in [4.78, 5) is 28.3. The van der Waals surface area contributed by atoms with Gasteiger partial charge in [0.25, 0.3) is 0 Å². The van der Waals surface area contributed by atoms with E-state index in [1.807, 2.05) is 39.0 Å².